The monoisotopic (exact) mass is 303 g/mol. The van der Waals surface area contributed by atoms with E-state index in [1.165, 1.54) is 0 Å². The molecule has 1 aliphatic heterocycles. The summed E-state index contributed by atoms with van der Waals surface area (Å²) in [4.78, 5) is 4.40. The molecular formula is C15H21N5O2. The maximum absolute atomic E-state index is 5.87. The Morgan fingerprint density at radius 1 is 1.45 bits per heavy atom. The number of hydrogen-bond donors (Lipinski definition) is 0. The molecule has 22 heavy (non-hydrogen) atoms. The van der Waals surface area contributed by atoms with Gasteiger partial charge in [0.15, 0.2) is 11.6 Å². The first kappa shape index (κ1) is 14.9. The van der Waals surface area contributed by atoms with Crippen LogP contribution in [0.15, 0.2) is 28.9 Å². The van der Waals surface area contributed by atoms with Gasteiger partial charge in [-0.3, -0.25) is 4.90 Å². The van der Waals surface area contributed by atoms with E-state index in [0.717, 1.165) is 50.1 Å². The summed E-state index contributed by atoms with van der Waals surface area (Å²) in [7, 11) is 2.01. The molecule has 1 aliphatic rings. The second-order valence-corrected chi connectivity index (χ2v) is 5.62. The van der Waals surface area contributed by atoms with Gasteiger partial charge in [-0.15, -0.1) is 5.10 Å². The summed E-state index contributed by atoms with van der Waals surface area (Å²) in [5, 5.41) is 12.0. The summed E-state index contributed by atoms with van der Waals surface area (Å²) in [6.07, 6.45) is 1.82. The van der Waals surface area contributed by atoms with Gasteiger partial charge in [0.25, 0.3) is 0 Å². The van der Waals surface area contributed by atoms with Crippen molar-refractivity contribution >= 4 is 5.82 Å². The van der Waals surface area contributed by atoms with E-state index in [0.29, 0.717) is 0 Å². The van der Waals surface area contributed by atoms with Gasteiger partial charge in [-0.1, -0.05) is 5.16 Å². The lowest BCUT2D eigenvalue weighted by Crippen LogP contribution is -2.46. The SMILES string of the molecule is Cc1cc(CN2CCO[C@@H](CN(C)c3cccnn3)C2)on1. The number of aryl methyl sites for hydroxylation is 1. The van der Waals surface area contributed by atoms with E-state index in [1.807, 2.05) is 32.2 Å². The Kier molecular flexibility index (Phi) is 4.65. The van der Waals surface area contributed by atoms with Crippen LogP contribution in [0.25, 0.3) is 0 Å². The number of anilines is 1. The molecule has 7 nitrogen and oxygen atoms in total. The molecule has 2 aromatic heterocycles. The van der Waals surface area contributed by atoms with Gasteiger partial charge in [-0.25, -0.2) is 0 Å². The van der Waals surface area contributed by atoms with Crippen molar-refractivity contribution in [3.8, 4) is 0 Å². The van der Waals surface area contributed by atoms with Crippen LogP contribution < -0.4 is 4.90 Å². The van der Waals surface area contributed by atoms with E-state index in [-0.39, 0.29) is 6.10 Å². The van der Waals surface area contributed by atoms with E-state index in [2.05, 4.69) is 25.2 Å². The van der Waals surface area contributed by atoms with Crippen molar-refractivity contribution in [2.45, 2.75) is 19.6 Å². The molecule has 0 saturated carbocycles. The van der Waals surface area contributed by atoms with Crippen molar-refractivity contribution in [3.63, 3.8) is 0 Å². The number of aromatic nitrogens is 3. The summed E-state index contributed by atoms with van der Waals surface area (Å²) in [6, 6.07) is 5.82. The second kappa shape index (κ2) is 6.85. The van der Waals surface area contributed by atoms with Crippen molar-refractivity contribution in [3.05, 3.63) is 35.9 Å². The number of rotatable bonds is 5. The molecule has 3 heterocycles. The van der Waals surface area contributed by atoms with Gasteiger partial charge in [0.05, 0.1) is 24.9 Å². The molecule has 0 aliphatic carbocycles. The highest BCUT2D eigenvalue weighted by atomic mass is 16.5. The van der Waals surface area contributed by atoms with Gasteiger partial charge in [0.2, 0.25) is 0 Å². The molecule has 1 atom stereocenters. The minimum absolute atomic E-state index is 0.143. The largest absolute Gasteiger partial charge is 0.374 e. The molecule has 0 bridgehead atoms. The molecule has 2 aromatic rings. The van der Waals surface area contributed by atoms with Crippen molar-refractivity contribution in [2.75, 3.05) is 38.2 Å². The Labute approximate surface area is 129 Å². The van der Waals surface area contributed by atoms with Crippen LogP contribution in [-0.4, -0.2) is 59.6 Å². The van der Waals surface area contributed by atoms with Gasteiger partial charge in [-0.2, -0.15) is 5.10 Å². The van der Waals surface area contributed by atoms with Crippen molar-refractivity contribution in [1.29, 1.82) is 0 Å². The molecule has 0 amide bonds. The van der Waals surface area contributed by atoms with Crippen molar-refractivity contribution < 1.29 is 9.26 Å². The van der Waals surface area contributed by atoms with Crippen LogP contribution in [0.3, 0.4) is 0 Å². The molecule has 7 heteroatoms. The normalized spacial score (nSPS) is 19.3. The number of hydrogen-bond acceptors (Lipinski definition) is 7. The summed E-state index contributed by atoms with van der Waals surface area (Å²) >= 11 is 0. The minimum atomic E-state index is 0.143. The highest BCUT2D eigenvalue weighted by molar-refractivity contribution is 5.35. The number of nitrogens with zero attached hydrogens (tertiary/aromatic N) is 5. The van der Waals surface area contributed by atoms with Crippen molar-refractivity contribution in [2.24, 2.45) is 0 Å². The average Bonchev–Trinajstić information content (AvgIpc) is 2.93. The summed E-state index contributed by atoms with van der Waals surface area (Å²) in [6.45, 7) is 5.99. The Hall–Kier alpha value is -1.99. The fraction of sp³-hybridized carbons (Fsp3) is 0.533. The van der Waals surface area contributed by atoms with E-state index in [9.17, 15) is 0 Å². The molecule has 0 spiro atoms. The maximum Gasteiger partial charge on any atom is 0.151 e. The Morgan fingerprint density at radius 2 is 2.36 bits per heavy atom. The zero-order valence-corrected chi connectivity index (χ0v) is 13.0. The quantitative estimate of drug-likeness (QED) is 0.819. The Morgan fingerprint density at radius 3 is 3.09 bits per heavy atom. The molecule has 1 saturated heterocycles. The molecule has 0 unspecified atom stereocenters. The van der Waals surface area contributed by atoms with E-state index in [4.69, 9.17) is 9.26 Å². The van der Waals surface area contributed by atoms with Crippen LogP contribution in [0.5, 0.6) is 0 Å². The van der Waals surface area contributed by atoms with Crippen LogP contribution in [0, 0.1) is 6.92 Å². The predicted octanol–water partition coefficient (Wildman–Crippen LogP) is 1.11. The molecule has 1 fully saturated rings. The van der Waals surface area contributed by atoms with Crippen LogP contribution in [0.4, 0.5) is 5.82 Å². The number of likely N-dealkylation sites (N-methyl/N-ethyl adjacent to an activating group) is 1. The first-order valence-electron chi connectivity index (χ1n) is 7.45. The third-order valence-electron chi connectivity index (χ3n) is 3.71. The number of morpholine rings is 1. The lowest BCUT2D eigenvalue weighted by molar-refractivity contribution is -0.0287. The Bertz CT molecular complexity index is 589. The standard InChI is InChI=1S/C15H21N5O2/c1-12-8-13(22-18-12)10-20-6-7-21-14(11-20)9-19(2)15-4-3-5-16-17-15/h3-5,8,14H,6-7,9-11H2,1-2H3/t14-/m0/s1. The zero-order chi connectivity index (χ0) is 15.4. The molecule has 3 rings (SSSR count). The molecule has 0 radical (unpaired) electrons. The zero-order valence-electron chi connectivity index (χ0n) is 13.0. The summed E-state index contributed by atoms with van der Waals surface area (Å²) in [5.74, 6) is 1.76. The Balaban J connectivity index is 1.54. The second-order valence-electron chi connectivity index (χ2n) is 5.62. The maximum atomic E-state index is 5.87. The predicted molar refractivity (Wildman–Crippen MR) is 81.6 cm³/mol. The summed E-state index contributed by atoms with van der Waals surface area (Å²) < 4.78 is 11.2. The van der Waals surface area contributed by atoms with Crippen molar-refractivity contribution in [1.82, 2.24) is 20.3 Å². The van der Waals surface area contributed by atoms with E-state index >= 15 is 0 Å². The fourth-order valence-electron chi connectivity index (χ4n) is 2.64. The lowest BCUT2D eigenvalue weighted by atomic mass is 10.2. The number of ether oxygens (including phenoxy) is 1. The van der Waals surface area contributed by atoms with Crippen LogP contribution in [0.2, 0.25) is 0 Å². The highest BCUT2D eigenvalue weighted by Crippen LogP contribution is 2.14. The fourth-order valence-corrected chi connectivity index (χ4v) is 2.64. The van der Waals surface area contributed by atoms with Gasteiger partial charge >= 0.3 is 0 Å². The topological polar surface area (TPSA) is 67.5 Å². The minimum Gasteiger partial charge on any atom is -0.374 e. The average molecular weight is 303 g/mol. The van der Waals surface area contributed by atoms with Gasteiger partial charge < -0.3 is 14.2 Å². The third-order valence-corrected chi connectivity index (χ3v) is 3.71. The highest BCUT2D eigenvalue weighted by Gasteiger charge is 2.23. The van der Waals surface area contributed by atoms with Crippen LogP contribution in [-0.2, 0) is 11.3 Å². The summed E-state index contributed by atoms with van der Waals surface area (Å²) in [5.41, 5.74) is 0.919. The van der Waals surface area contributed by atoms with Crippen LogP contribution in [0.1, 0.15) is 11.5 Å². The van der Waals surface area contributed by atoms with Gasteiger partial charge in [-0.05, 0) is 19.1 Å². The molecular weight excluding hydrogens is 282 g/mol. The molecule has 0 aromatic carbocycles. The third kappa shape index (κ3) is 3.80. The van der Waals surface area contributed by atoms with Gasteiger partial charge in [0.1, 0.15) is 0 Å². The molecule has 0 N–H and O–H groups in total. The lowest BCUT2D eigenvalue weighted by Gasteiger charge is -2.34. The first-order valence-corrected chi connectivity index (χ1v) is 7.45. The first-order chi connectivity index (χ1) is 10.7. The van der Waals surface area contributed by atoms with E-state index in [1.54, 1.807) is 6.20 Å². The van der Waals surface area contributed by atoms with Crippen LogP contribution >= 0.6 is 0 Å². The smallest absolute Gasteiger partial charge is 0.151 e. The van der Waals surface area contributed by atoms with E-state index < -0.39 is 0 Å². The van der Waals surface area contributed by atoms with Gasteiger partial charge in [0, 0.05) is 38.9 Å². The molecule has 118 valence electrons.